The molecule has 2 aliphatic rings. The fraction of sp³-hybridized carbons (Fsp3) is 0.875. The second-order valence-electron chi connectivity index (χ2n) is 3.60. The van der Waals surface area contributed by atoms with Crippen LogP contribution >= 0.6 is 12.4 Å². The molecule has 12 heavy (non-hydrogen) atoms. The Kier molecular flexibility index (Phi) is 2.96. The molecule has 0 amide bonds. The summed E-state index contributed by atoms with van der Waals surface area (Å²) in [4.78, 5) is 10.6. The zero-order valence-corrected chi connectivity index (χ0v) is 7.64. The van der Waals surface area contributed by atoms with E-state index in [2.05, 4.69) is 5.32 Å². The van der Waals surface area contributed by atoms with E-state index in [0.29, 0.717) is 11.8 Å². The first-order valence-corrected chi connectivity index (χ1v) is 4.22. The van der Waals surface area contributed by atoms with E-state index < -0.39 is 5.97 Å². The van der Waals surface area contributed by atoms with Crippen molar-refractivity contribution in [2.45, 2.75) is 12.8 Å². The van der Waals surface area contributed by atoms with Gasteiger partial charge in [0.1, 0.15) is 0 Å². The van der Waals surface area contributed by atoms with E-state index in [9.17, 15) is 4.79 Å². The zero-order valence-electron chi connectivity index (χ0n) is 6.82. The minimum absolute atomic E-state index is 0. The van der Waals surface area contributed by atoms with Crippen LogP contribution in [-0.2, 0) is 4.79 Å². The number of fused-ring (bicyclic) bond motifs is 1. The van der Waals surface area contributed by atoms with Gasteiger partial charge in [0.25, 0.3) is 0 Å². The summed E-state index contributed by atoms with van der Waals surface area (Å²) in [5, 5.41) is 12.0. The second kappa shape index (κ2) is 3.62. The fourth-order valence-corrected chi connectivity index (χ4v) is 2.32. The van der Waals surface area contributed by atoms with Gasteiger partial charge in [0.15, 0.2) is 0 Å². The lowest BCUT2D eigenvalue weighted by molar-refractivity contribution is -0.152. The molecule has 0 aromatic carbocycles. The van der Waals surface area contributed by atoms with E-state index in [1.54, 1.807) is 0 Å². The summed E-state index contributed by atoms with van der Waals surface area (Å²) in [6.45, 7) is 2.04. The Morgan fingerprint density at radius 3 is 2.83 bits per heavy atom. The number of hydrogen-bond acceptors (Lipinski definition) is 2. The molecule has 1 saturated carbocycles. The highest BCUT2D eigenvalue weighted by Crippen LogP contribution is 2.43. The first-order chi connectivity index (χ1) is 5.29. The Morgan fingerprint density at radius 1 is 1.50 bits per heavy atom. The van der Waals surface area contributed by atoms with Gasteiger partial charge in [0, 0.05) is 0 Å². The third-order valence-electron chi connectivity index (χ3n) is 3.06. The van der Waals surface area contributed by atoms with E-state index in [4.69, 9.17) is 5.11 Å². The van der Waals surface area contributed by atoms with Crippen LogP contribution in [0.25, 0.3) is 0 Å². The highest BCUT2D eigenvalue weighted by Gasteiger charge is 2.45. The lowest BCUT2D eigenvalue weighted by Crippen LogP contribution is -2.50. The molecule has 3 nitrogen and oxygen atoms in total. The van der Waals surface area contributed by atoms with Crippen LogP contribution < -0.4 is 5.32 Å². The molecule has 0 aromatic rings. The predicted molar refractivity (Wildman–Crippen MR) is 47.5 cm³/mol. The summed E-state index contributed by atoms with van der Waals surface area (Å²) in [5.41, 5.74) is 0. The minimum atomic E-state index is -0.590. The molecular formula is C8H14ClNO2. The van der Waals surface area contributed by atoms with Crippen molar-refractivity contribution >= 4 is 18.4 Å². The molecule has 0 bridgehead atoms. The molecule has 2 fully saturated rings. The molecule has 2 rings (SSSR count). The summed E-state index contributed by atoms with van der Waals surface area (Å²) < 4.78 is 0. The van der Waals surface area contributed by atoms with E-state index in [1.807, 2.05) is 0 Å². The maximum absolute atomic E-state index is 10.6. The maximum Gasteiger partial charge on any atom is 0.306 e. The van der Waals surface area contributed by atoms with Crippen LogP contribution in [0.5, 0.6) is 0 Å². The summed E-state index contributed by atoms with van der Waals surface area (Å²) in [6, 6.07) is 0. The van der Waals surface area contributed by atoms with Crippen LogP contribution in [0.4, 0.5) is 0 Å². The van der Waals surface area contributed by atoms with Crippen molar-refractivity contribution in [1.82, 2.24) is 5.32 Å². The molecule has 0 aromatic heterocycles. The number of hydrogen-bond donors (Lipinski definition) is 2. The van der Waals surface area contributed by atoms with Crippen molar-refractivity contribution in [2.24, 2.45) is 17.8 Å². The number of carboxylic acids is 1. The van der Waals surface area contributed by atoms with E-state index in [-0.39, 0.29) is 18.3 Å². The third kappa shape index (κ3) is 1.43. The van der Waals surface area contributed by atoms with E-state index in [1.165, 1.54) is 0 Å². The van der Waals surface area contributed by atoms with Crippen molar-refractivity contribution in [3.8, 4) is 0 Å². The SMILES string of the molecule is Cl.O=C(O)C1CC2CNCCC21. The smallest absolute Gasteiger partial charge is 0.306 e. The van der Waals surface area contributed by atoms with Gasteiger partial charge in [-0.1, -0.05) is 0 Å². The molecule has 70 valence electrons. The quantitative estimate of drug-likeness (QED) is 0.643. The summed E-state index contributed by atoms with van der Waals surface area (Å²) in [5.74, 6) is 0.522. The van der Waals surface area contributed by atoms with Gasteiger partial charge >= 0.3 is 5.97 Å². The van der Waals surface area contributed by atoms with Crippen LogP contribution in [-0.4, -0.2) is 24.2 Å². The zero-order chi connectivity index (χ0) is 7.84. The number of piperidine rings is 1. The fourth-order valence-electron chi connectivity index (χ4n) is 2.32. The van der Waals surface area contributed by atoms with Gasteiger partial charge in [-0.15, -0.1) is 12.4 Å². The number of aliphatic carboxylic acids is 1. The monoisotopic (exact) mass is 191 g/mol. The molecule has 4 heteroatoms. The van der Waals surface area contributed by atoms with Gasteiger partial charge in [-0.2, -0.15) is 0 Å². The van der Waals surface area contributed by atoms with E-state index in [0.717, 1.165) is 25.9 Å². The number of halogens is 1. The normalized spacial score (nSPS) is 38.8. The Hall–Kier alpha value is -0.280. The van der Waals surface area contributed by atoms with Crippen LogP contribution in [0, 0.1) is 17.8 Å². The average molecular weight is 192 g/mol. The predicted octanol–water partition coefficient (Wildman–Crippen LogP) is 0.738. The molecule has 1 aliphatic heterocycles. The summed E-state index contributed by atoms with van der Waals surface area (Å²) in [6.07, 6.45) is 1.95. The molecular weight excluding hydrogens is 178 g/mol. The third-order valence-corrected chi connectivity index (χ3v) is 3.06. The molecule has 1 heterocycles. The number of rotatable bonds is 1. The molecule has 1 aliphatic carbocycles. The van der Waals surface area contributed by atoms with Crippen LogP contribution in [0.1, 0.15) is 12.8 Å². The Morgan fingerprint density at radius 2 is 2.25 bits per heavy atom. The molecule has 3 unspecified atom stereocenters. The summed E-state index contributed by atoms with van der Waals surface area (Å²) >= 11 is 0. The van der Waals surface area contributed by atoms with Gasteiger partial charge in [-0.25, -0.2) is 0 Å². The minimum Gasteiger partial charge on any atom is -0.481 e. The number of carbonyl (C=O) groups is 1. The Labute approximate surface area is 77.9 Å². The molecule has 2 N–H and O–H groups in total. The lowest BCUT2D eigenvalue weighted by Gasteiger charge is -2.45. The van der Waals surface area contributed by atoms with Gasteiger partial charge in [-0.05, 0) is 37.8 Å². The van der Waals surface area contributed by atoms with Gasteiger partial charge in [-0.3, -0.25) is 4.79 Å². The van der Waals surface area contributed by atoms with E-state index >= 15 is 0 Å². The molecule has 0 radical (unpaired) electrons. The van der Waals surface area contributed by atoms with Gasteiger partial charge in [0.2, 0.25) is 0 Å². The Bertz CT molecular complexity index is 186. The number of carboxylic acid groups (broad SMARTS) is 1. The molecule has 0 spiro atoms. The largest absolute Gasteiger partial charge is 0.481 e. The van der Waals surface area contributed by atoms with Crippen molar-refractivity contribution in [3.63, 3.8) is 0 Å². The lowest BCUT2D eigenvalue weighted by atomic mass is 9.62. The highest BCUT2D eigenvalue weighted by molar-refractivity contribution is 5.85. The number of nitrogens with one attached hydrogen (secondary N) is 1. The molecule has 1 saturated heterocycles. The van der Waals surface area contributed by atoms with Gasteiger partial charge in [0.05, 0.1) is 5.92 Å². The standard InChI is InChI=1S/C8H13NO2.ClH/c10-8(11)7-3-5-4-9-2-1-6(5)7;/h5-7,9H,1-4H2,(H,10,11);1H. The summed E-state index contributed by atoms with van der Waals surface area (Å²) in [7, 11) is 0. The van der Waals surface area contributed by atoms with Crippen molar-refractivity contribution < 1.29 is 9.90 Å². The Balaban J connectivity index is 0.000000720. The van der Waals surface area contributed by atoms with Gasteiger partial charge < -0.3 is 10.4 Å². The highest BCUT2D eigenvalue weighted by atomic mass is 35.5. The van der Waals surface area contributed by atoms with Crippen LogP contribution in [0.15, 0.2) is 0 Å². The van der Waals surface area contributed by atoms with Crippen molar-refractivity contribution in [3.05, 3.63) is 0 Å². The van der Waals surface area contributed by atoms with Crippen molar-refractivity contribution in [1.29, 1.82) is 0 Å². The van der Waals surface area contributed by atoms with Crippen LogP contribution in [0.2, 0.25) is 0 Å². The van der Waals surface area contributed by atoms with Crippen LogP contribution in [0.3, 0.4) is 0 Å². The maximum atomic E-state index is 10.6. The van der Waals surface area contributed by atoms with Crippen molar-refractivity contribution in [2.75, 3.05) is 13.1 Å². The average Bonchev–Trinajstić information content (AvgIpc) is 1.90. The molecule has 3 atom stereocenters. The first kappa shape index (κ1) is 9.81. The first-order valence-electron chi connectivity index (χ1n) is 4.22. The second-order valence-corrected chi connectivity index (χ2v) is 3.60. The topological polar surface area (TPSA) is 49.3 Å².